The number of rotatable bonds is 14. The Kier molecular flexibility index (Phi) is 12.1. The SMILES string of the molecule is COCc1ncc(-c2ccc(S(=O)(=O)Nc3cc(F)c(C(=O)N[C@@H](CCc4ccc(-n5c(=O)c6ccncc6n(C)c5=O)nc4)C(=O)OC(C)C)cc3F)cc2)cn1. The fourth-order valence-corrected chi connectivity index (χ4v) is 6.90. The quantitative estimate of drug-likeness (QED) is 0.151. The van der Waals surface area contributed by atoms with Crippen LogP contribution >= 0.6 is 0 Å². The average Bonchev–Trinajstić information content (AvgIpc) is 3.20. The van der Waals surface area contributed by atoms with E-state index < -0.39 is 68.2 Å². The van der Waals surface area contributed by atoms with E-state index in [2.05, 4.69) is 25.3 Å². The van der Waals surface area contributed by atoms with Crippen LogP contribution < -0.4 is 21.3 Å². The van der Waals surface area contributed by atoms with Crippen molar-refractivity contribution >= 4 is 38.5 Å². The summed E-state index contributed by atoms with van der Waals surface area (Å²) in [5, 5.41) is 2.65. The third-order valence-electron chi connectivity index (χ3n) is 8.80. The molecule has 0 saturated heterocycles. The Morgan fingerprint density at radius 3 is 2.28 bits per heavy atom. The summed E-state index contributed by atoms with van der Waals surface area (Å²) in [6.45, 7) is 3.41. The van der Waals surface area contributed by atoms with Gasteiger partial charge in [-0.05, 0) is 68.1 Å². The molecule has 0 radical (unpaired) electrons. The van der Waals surface area contributed by atoms with Crippen molar-refractivity contribution in [3.63, 3.8) is 0 Å². The van der Waals surface area contributed by atoms with E-state index in [1.807, 2.05) is 4.72 Å². The number of hydrogen-bond acceptors (Lipinski definition) is 12. The van der Waals surface area contributed by atoms with Gasteiger partial charge in [-0.15, -0.1) is 0 Å². The molecule has 16 nitrogen and oxygen atoms in total. The molecule has 1 amide bonds. The number of fused-ring (bicyclic) bond motifs is 1. The zero-order valence-electron chi connectivity index (χ0n) is 31.5. The molecule has 0 saturated carbocycles. The molecule has 0 bridgehead atoms. The molecule has 0 aliphatic rings. The lowest BCUT2D eigenvalue weighted by Gasteiger charge is -2.20. The lowest BCUT2D eigenvalue weighted by atomic mass is 10.1. The van der Waals surface area contributed by atoms with Crippen molar-refractivity contribution < 1.29 is 36.3 Å². The van der Waals surface area contributed by atoms with Crippen molar-refractivity contribution in [1.29, 1.82) is 0 Å². The first-order valence-corrected chi connectivity index (χ1v) is 19.1. The van der Waals surface area contributed by atoms with Gasteiger partial charge in [-0.1, -0.05) is 18.2 Å². The number of anilines is 1. The third-order valence-corrected chi connectivity index (χ3v) is 10.2. The molecule has 19 heteroatoms. The summed E-state index contributed by atoms with van der Waals surface area (Å²) in [7, 11) is -1.40. The molecule has 0 unspecified atom stereocenters. The lowest BCUT2D eigenvalue weighted by molar-refractivity contribution is -0.149. The number of hydrogen-bond donors (Lipinski definition) is 2. The monoisotopic (exact) mass is 814 g/mol. The van der Waals surface area contributed by atoms with Crippen LogP contribution in [0.25, 0.3) is 27.8 Å². The van der Waals surface area contributed by atoms with Crippen molar-refractivity contribution in [2.45, 2.75) is 50.3 Å². The van der Waals surface area contributed by atoms with Gasteiger partial charge in [-0.3, -0.25) is 23.9 Å². The minimum absolute atomic E-state index is 0.0502. The number of ether oxygens (including phenoxy) is 2. The number of esters is 1. The van der Waals surface area contributed by atoms with Crippen molar-refractivity contribution in [2.24, 2.45) is 7.05 Å². The van der Waals surface area contributed by atoms with Gasteiger partial charge in [-0.2, -0.15) is 0 Å². The molecule has 2 N–H and O–H groups in total. The Morgan fingerprint density at radius 2 is 1.62 bits per heavy atom. The standard InChI is InChI=1S/C39H36F2N8O8S/c1-22(2)57-38(52)31(11-5-23-6-12-35(45-17-23)49-37(51)27-13-14-42-20-33(27)48(3)39(49)53)46-36(50)28-15-30(41)32(16-29(28)40)47-58(54,55)26-9-7-24(8-10-26)25-18-43-34(21-56-4)44-19-25/h6-10,12-20,22,31,47H,5,11,21H2,1-4H3,(H,46,50)/t31-/m0/s1. The van der Waals surface area contributed by atoms with E-state index >= 15 is 8.78 Å². The lowest BCUT2D eigenvalue weighted by Crippen LogP contribution is -2.43. The third kappa shape index (κ3) is 8.95. The minimum Gasteiger partial charge on any atom is -0.461 e. The van der Waals surface area contributed by atoms with Gasteiger partial charge in [0.15, 0.2) is 5.82 Å². The van der Waals surface area contributed by atoms with E-state index in [1.54, 1.807) is 32.3 Å². The van der Waals surface area contributed by atoms with Crippen LogP contribution in [0.3, 0.4) is 0 Å². The number of aryl methyl sites for hydroxylation is 2. The number of carbonyl (C=O) groups is 2. The van der Waals surface area contributed by atoms with Crippen LogP contribution in [-0.2, 0) is 44.4 Å². The van der Waals surface area contributed by atoms with E-state index in [-0.39, 0.29) is 35.5 Å². The van der Waals surface area contributed by atoms with E-state index in [0.29, 0.717) is 40.2 Å². The van der Waals surface area contributed by atoms with Crippen molar-refractivity contribution in [1.82, 2.24) is 34.4 Å². The molecule has 4 heterocycles. The van der Waals surface area contributed by atoms with E-state index in [0.717, 1.165) is 4.57 Å². The van der Waals surface area contributed by atoms with Crippen LogP contribution in [0.5, 0.6) is 0 Å². The Labute approximate surface area is 329 Å². The summed E-state index contributed by atoms with van der Waals surface area (Å²) in [5.74, 6) is -4.03. The van der Waals surface area contributed by atoms with E-state index in [1.165, 1.54) is 73.7 Å². The zero-order valence-corrected chi connectivity index (χ0v) is 32.3. The molecule has 58 heavy (non-hydrogen) atoms. The summed E-state index contributed by atoms with van der Waals surface area (Å²) >= 11 is 0. The zero-order chi connectivity index (χ0) is 41.7. The number of halogens is 2. The van der Waals surface area contributed by atoms with Gasteiger partial charge in [-0.25, -0.2) is 46.3 Å². The van der Waals surface area contributed by atoms with Crippen LogP contribution in [0.1, 0.15) is 42.0 Å². The molecule has 0 fully saturated rings. The molecule has 0 aliphatic heterocycles. The van der Waals surface area contributed by atoms with Gasteiger partial charge in [0.25, 0.3) is 21.5 Å². The maximum absolute atomic E-state index is 15.4. The number of methoxy groups -OCH3 is 1. The molecular formula is C39H36F2N8O8S. The maximum Gasteiger partial charge on any atom is 0.337 e. The van der Waals surface area contributed by atoms with Crippen molar-refractivity contribution in [3.05, 3.63) is 135 Å². The number of pyridine rings is 2. The van der Waals surface area contributed by atoms with E-state index in [9.17, 15) is 27.6 Å². The minimum atomic E-state index is -4.41. The Balaban J connectivity index is 1.15. The second-order valence-electron chi connectivity index (χ2n) is 13.2. The Hall–Kier alpha value is -6.73. The predicted molar refractivity (Wildman–Crippen MR) is 207 cm³/mol. The topological polar surface area (TPSA) is 206 Å². The number of amides is 1. The summed E-state index contributed by atoms with van der Waals surface area (Å²) < 4.78 is 71.4. The van der Waals surface area contributed by atoms with Gasteiger partial charge < -0.3 is 14.8 Å². The summed E-state index contributed by atoms with van der Waals surface area (Å²) in [4.78, 5) is 68.8. The Morgan fingerprint density at radius 1 is 0.897 bits per heavy atom. The number of nitrogens with one attached hydrogen (secondary N) is 2. The first-order valence-electron chi connectivity index (χ1n) is 17.6. The van der Waals surface area contributed by atoms with Gasteiger partial charge in [0.2, 0.25) is 0 Å². The molecule has 0 spiro atoms. The number of aromatic nitrogens is 6. The smallest absolute Gasteiger partial charge is 0.337 e. The number of carbonyl (C=O) groups excluding carboxylic acids is 2. The first kappa shape index (κ1) is 40.9. The van der Waals surface area contributed by atoms with Gasteiger partial charge >= 0.3 is 11.7 Å². The molecule has 2 aromatic carbocycles. The van der Waals surface area contributed by atoms with Crippen LogP contribution in [0.4, 0.5) is 14.5 Å². The van der Waals surface area contributed by atoms with Crippen molar-refractivity contribution in [3.8, 4) is 16.9 Å². The maximum atomic E-state index is 15.4. The van der Waals surface area contributed by atoms with E-state index in [4.69, 9.17) is 9.47 Å². The normalized spacial score (nSPS) is 12.1. The second kappa shape index (κ2) is 17.2. The van der Waals surface area contributed by atoms with Crippen molar-refractivity contribution in [2.75, 3.05) is 11.8 Å². The molecule has 0 aliphatic carbocycles. The summed E-state index contributed by atoms with van der Waals surface area (Å²) in [6.07, 6.45) is 6.80. The molecule has 6 rings (SSSR count). The molecule has 1 atom stereocenters. The highest BCUT2D eigenvalue weighted by Crippen LogP contribution is 2.25. The summed E-state index contributed by atoms with van der Waals surface area (Å²) in [5.41, 5.74) is -0.674. The number of sulfonamides is 1. The molecule has 6 aromatic rings. The first-order chi connectivity index (χ1) is 27.7. The van der Waals surface area contributed by atoms with Crippen LogP contribution in [0.2, 0.25) is 0 Å². The average molecular weight is 815 g/mol. The predicted octanol–water partition coefficient (Wildman–Crippen LogP) is 3.84. The molecule has 300 valence electrons. The number of nitrogens with zero attached hydrogens (tertiary/aromatic N) is 6. The van der Waals surface area contributed by atoms with Gasteiger partial charge in [0.1, 0.15) is 30.1 Å². The van der Waals surface area contributed by atoms with Crippen LogP contribution in [-0.4, -0.2) is 68.6 Å². The largest absolute Gasteiger partial charge is 0.461 e. The summed E-state index contributed by atoms with van der Waals surface area (Å²) in [6, 6.07) is 9.76. The Bertz CT molecular complexity index is 2730. The van der Waals surface area contributed by atoms with Gasteiger partial charge in [0, 0.05) is 50.6 Å². The fraction of sp³-hybridized carbons (Fsp3) is 0.231. The molecular weight excluding hydrogens is 779 g/mol. The highest BCUT2D eigenvalue weighted by molar-refractivity contribution is 7.92. The fourth-order valence-electron chi connectivity index (χ4n) is 5.84. The van der Waals surface area contributed by atoms with Gasteiger partial charge in [0.05, 0.1) is 39.4 Å². The second-order valence-corrected chi connectivity index (χ2v) is 14.9. The molecule has 4 aromatic heterocycles. The number of benzene rings is 2. The van der Waals surface area contributed by atoms with Crippen LogP contribution in [0, 0.1) is 11.6 Å². The van der Waals surface area contributed by atoms with Crippen LogP contribution in [0.15, 0.2) is 100 Å². The highest BCUT2D eigenvalue weighted by atomic mass is 32.2. The highest BCUT2D eigenvalue weighted by Gasteiger charge is 2.27.